The molecule has 2 atom stereocenters. The van der Waals surface area contributed by atoms with Crippen LogP contribution in [-0.2, 0) is 4.79 Å². The lowest BCUT2D eigenvalue weighted by Gasteiger charge is -2.18. The van der Waals surface area contributed by atoms with E-state index in [-0.39, 0.29) is 24.0 Å². The van der Waals surface area contributed by atoms with E-state index in [2.05, 4.69) is 12.2 Å². The second-order valence-corrected chi connectivity index (χ2v) is 5.42. The summed E-state index contributed by atoms with van der Waals surface area (Å²) in [4.78, 5) is 11.8. The number of amides is 1. The normalized spacial score (nSPS) is 14.3. The first-order valence-corrected chi connectivity index (χ1v) is 6.68. The van der Waals surface area contributed by atoms with E-state index in [0.717, 1.165) is 10.6 Å². The standard InChI is InChI=1S/C14H21ClN2O/c1-9(2)16-14(18)11(4)17-10(3)12-6-5-7-13(15)8-12/h5-11,17H,1-4H3,(H,16,18)/p+1/t10-,11+/m1/s1. The topological polar surface area (TPSA) is 45.7 Å². The highest BCUT2D eigenvalue weighted by Gasteiger charge is 2.20. The van der Waals surface area contributed by atoms with Crippen molar-refractivity contribution in [3.63, 3.8) is 0 Å². The maximum absolute atomic E-state index is 11.8. The number of hydrogen-bond donors (Lipinski definition) is 2. The van der Waals surface area contributed by atoms with Gasteiger partial charge in [-0.05, 0) is 39.8 Å². The Bertz CT molecular complexity index is 407. The smallest absolute Gasteiger partial charge is 0.278 e. The van der Waals surface area contributed by atoms with Crippen molar-refractivity contribution >= 4 is 17.5 Å². The Morgan fingerprint density at radius 1 is 1.28 bits per heavy atom. The molecule has 3 nitrogen and oxygen atoms in total. The van der Waals surface area contributed by atoms with Crippen LogP contribution in [0.5, 0.6) is 0 Å². The molecule has 18 heavy (non-hydrogen) atoms. The Kier molecular flexibility index (Phi) is 5.63. The van der Waals surface area contributed by atoms with Crippen molar-refractivity contribution in [3.05, 3.63) is 34.9 Å². The summed E-state index contributed by atoms with van der Waals surface area (Å²) in [5.41, 5.74) is 1.13. The molecule has 0 aromatic heterocycles. The number of hydrogen-bond acceptors (Lipinski definition) is 1. The Morgan fingerprint density at radius 2 is 1.94 bits per heavy atom. The van der Waals surface area contributed by atoms with Crippen molar-refractivity contribution in [1.82, 2.24) is 5.32 Å². The Morgan fingerprint density at radius 3 is 2.50 bits per heavy atom. The Hall–Kier alpha value is -1.06. The van der Waals surface area contributed by atoms with Gasteiger partial charge in [-0.15, -0.1) is 0 Å². The molecule has 3 N–H and O–H groups in total. The predicted molar refractivity (Wildman–Crippen MR) is 74.5 cm³/mol. The molecule has 1 aromatic carbocycles. The van der Waals surface area contributed by atoms with Crippen molar-refractivity contribution in [1.29, 1.82) is 0 Å². The molecule has 4 heteroatoms. The SMILES string of the molecule is CC(C)NC(=O)[C@H](C)[NH2+][C@H](C)c1cccc(Cl)c1. The van der Waals surface area contributed by atoms with Gasteiger partial charge in [0.25, 0.3) is 5.91 Å². The number of rotatable bonds is 5. The number of carbonyl (C=O) groups is 1. The van der Waals surface area contributed by atoms with Crippen LogP contribution in [0.4, 0.5) is 0 Å². The van der Waals surface area contributed by atoms with Gasteiger partial charge in [0, 0.05) is 16.6 Å². The van der Waals surface area contributed by atoms with Crippen LogP contribution in [0.2, 0.25) is 5.02 Å². The van der Waals surface area contributed by atoms with E-state index in [0.29, 0.717) is 0 Å². The van der Waals surface area contributed by atoms with Crippen LogP contribution in [0, 0.1) is 0 Å². The molecule has 0 bridgehead atoms. The van der Waals surface area contributed by atoms with Crippen LogP contribution in [0.1, 0.15) is 39.3 Å². The van der Waals surface area contributed by atoms with Crippen molar-refractivity contribution in [2.24, 2.45) is 0 Å². The summed E-state index contributed by atoms with van der Waals surface area (Å²) in [5, 5.41) is 5.69. The minimum Gasteiger partial charge on any atom is -0.349 e. The lowest BCUT2D eigenvalue weighted by atomic mass is 10.1. The minimum atomic E-state index is -0.110. The van der Waals surface area contributed by atoms with E-state index in [1.807, 2.05) is 50.4 Å². The van der Waals surface area contributed by atoms with E-state index in [1.54, 1.807) is 0 Å². The van der Waals surface area contributed by atoms with Gasteiger partial charge in [0.2, 0.25) is 0 Å². The minimum absolute atomic E-state index is 0.0684. The molecule has 0 saturated carbocycles. The van der Waals surface area contributed by atoms with Crippen molar-refractivity contribution < 1.29 is 10.1 Å². The van der Waals surface area contributed by atoms with E-state index < -0.39 is 0 Å². The highest BCUT2D eigenvalue weighted by Crippen LogP contribution is 2.14. The quantitative estimate of drug-likeness (QED) is 0.842. The van der Waals surface area contributed by atoms with E-state index >= 15 is 0 Å². The van der Waals surface area contributed by atoms with E-state index in [1.165, 1.54) is 0 Å². The largest absolute Gasteiger partial charge is 0.349 e. The number of carbonyl (C=O) groups excluding carboxylic acids is 1. The van der Waals surface area contributed by atoms with Gasteiger partial charge in [-0.2, -0.15) is 0 Å². The number of quaternary nitrogens is 1. The molecule has 0 heterocycles. The van der Waals surface area contributed by atoms with Gasteiger partial charge in [-0.1, -0.05) is 23.7 Å². The van der Waals surface area contributed by atoms with E-state index in [4.69, 9.17) is 11.6 Å². The Balaban J connectivity index is 2.59. The second-order valence-electron chi connectivity index (χ2n) is 4.99. The molecule has 1 aromatic rings. The molecular formula is C14H22ClN2O+. The predicted octanol–water partition coefficient (Wildman–Crippen LogP) is 1.88. The second kappa shape index (κ2) is 6.76. The van der Waals surface area contributed by atoms with Crippen LogP contribution >= 0.6 is 11.6 Å². The average Bonchev–Trinajstić information content (AvgIpc) is 2.27. The first-order valence-electron chi connectivity index (χ1n) is 6.31. The third-order valence-corrected chi connectivity index (χ3v) is 3.03. The van der Waals surface area contributed by atoms with Gasteiger partial charge >= 0.3 is 0 Å². The van der Waals surface area contributed by atoms with Crippen LogP contribution in [0.25, 0.3) is 0 Å². The highest BCUT2D eigenvalue weighted by atomic mass is 35.5. The fourth-order valence-electron chi connectivity index (χ4n) is 1.84. The molecule has 0 aliphatic heterocycles. The maximum Gasteiger partial charge on any atom is 0.278 e. The molecule has 1 amide bonds. The lowest BCUT2D eigenvalue weighted by molar-refractivity contribution is -0.710. The third-order valence-electron chi connectivity index (χ3n) is 2.80. The third kappa shape index (κ3) is 4.67. The summed E-state index contributed by atoms with van der Waals surface area (Å²) in [6.45, 7) is 7.92. The highest BCUT2D eigenvalue weighted by molar-refractivity contribution is 6.30. The fraction of sp³-hybridized carbons (Fsp3) is 0.500. The molecule has 0 aliphatic rings. The summed E-state index contributed by atoms with van der Waals surface area (Å²) in [6, 6.07) is 8.02. The van der Waals surface area contributed by atoms with Crippen molar-refractivity contribution in [2.75, 3.05) is 0 Å². The lowest BCUT2D eigenvalue weighted by Crippen LogP contribution is -2.92. The molecule has 0 unspecified atom stereocenters. The zero-order valence-corrected chi connectivity index (χ0v) is 12.2. The van der Waals surface area contributed by atoms with Crippen LogP contribution in [-0.4, -0.2) is 18.0 Å². The van der Waals surface area contributed by atoms with Crippen LogP contribution in [0.3, 0.4) is 0 Å². The summed E-state index contributed by atoms with van der Waals surface area (Å²) >= 11 is 5.96. The van der Waals surface area contributed by atoms with Gasteiger partial charge in [0.05, 0.1) is 0 Å². The van der Waals surface area contributed by atoms with Crippen LogP contribution < -0.4 is 10.6 Å². The van der Waals surface area contributed by atoms with Crippen molar-refractivity contribution in [3.8, 4) is 0 Å². The number of benzene rings is 1. The summed E-state index contributed by atoms with van der Waals surface area (Å²) < 4.78 is 0. The molecule has 0 spiro atoms. The van der Waals surface area contributed by atoms with Crippen molar-refractivity contribution in [2.45, 2.75) is 45.8 Å². The van der Waals surface area contributed by atoms with Gasteiger partial charge in [-0.25, -0.2) is 0 Å². The summed E-state index contributed by atoms with van der Waals surface area (Å²) in [6.07, 6.45) is 0. The molecule has 1 rings (SSSR count). The van der Waals surface area contributed by atoms with Crippen LogP contribution in [0.15, 0.2) is 24.3 Å². The fourth-order valence-corrected chi connectivity index (χ4v) is 2.04. The summed E-state index contributed by atoms with van der Waals surface area (Å²) in [5.74, 6) is 0.0684. The molecule has 0 aliphatic carbocycles. The monoisotopic (exact) mass is 269 g/mol. The zero-order chi connectivity index (χ0) is 13.7. The zero-order valence-electron chi connectivity index (χ0n) is 11.4. The number of nitrogens with two attached hydrogens (primary N) is 1. The van der Waals surface area contributed by atoms with Gasteiger partial charge in [0.15, 0.2) is 6.04 Å². The number of nitrogens with one attached hydrogen (secondary N) is 1. The molecule has 0 fully saturated rings. The summed E-state index contributed by atoms with van der Waals surface area (Å²) in [7, 11) is 0. The first-order chi connectivity index (χ1) is 8.40. The Labute approximate surface area is 114 Å². The first kappa shape index (κ1) is 15.0. The molecule has 0 radical (unpaired) electrons. The number of halogens is 1. The average molecular weight is 270 g/mol. The van der Waals surface area contributed by atoms with Gasteiger partial charge < -0.3 is 10.6 Å². The van der Waals surface area contributed by atoms with Gasteiger partial charge in [0.1, 0.15) is 6.04 Å². The van der Waals surface area contributed by atoms with E-state index in [9.17, 15) is 4.79 Å². The maximum atomic E-state index is 11.8. The molecule has 0 saturated heterocycles. The molecular weight excluding hydrogens is 248 g/mol. The van der Waals surface area contributed by atoms with Gasteiger partial charge in [-0.3, -0.25) is 4.79 Å². The molecule has 100 valence electrons.